The summed E-state index contributed by atoms with van der Waals surface area (Å²) in [4.78, 5) is 13.1. The zero-order valence-electron chi connectivity index (χ0n) is 11.3. The Labute approximate surface area is 132 Å². The van der Waals surface area contributed by atoms with Crippen molar-refractivity contribution in [1.29, 1.82) is 5.26 Å². The number of hydrogen-bond donors (Lipinski definition) is 1. The summed E-state index contributed by atoms with van der Waals surface area (Å²) >= 11 is 7.30. The van der Waals surface area contributed by atoms with Crippen LogP contribution in [-0.4, -0.2) is 11.2 Å². The largest absolute Gasteiger partial charge is 0.325 e. The fraction of sp³-hybridized carbons (Fsp3) is 0.125. The van der Waals surface area contributed by atoms with E-state index in [1.807, 2.05) is 25.1 Å². The number of nitrogens with zero attached hydrogens (tertiary/aromatic N) is 1. The minimum Gasteiger partial charge on any atom is -0.325 e. The van der Waals surface area contributed by atoms with E-state index in [-0.39, 0.29) is 11.2 Å². The second-order valence-corrected chi connectivity index (χ2v) is 6.24. The summed E-state index contributed by atoms with van der Waals surface area (Å²) in [5.74, 6) is -0.0837. The topological polar surface area (TPSA) is 52.9 Å². The molecule has 2 aromatic rings. The van der Waals surface area contributed by atoms with E-state index in [2.05, 4.69) is 5.32 Å². The van der Waals surface area contributed by atoms with Crippen LogP contribution in [0.4, 0.5) is 5.69 Å². The van der Waals surface area contributed by atoms with Crippen molar-refractivity contribution in [3.8, 4) is 6.07 Å². The lowest BCUT2D eigenvalue weighted by Crippen LogP contribution is -2.22. The number of thioether (sulfide) groups is 1. The maximum absolute atomic E-state index is 12.1. The smallest absolute Gasteiger partial charge is 0.237 e. The highest BCUT2D eigenvalue weighted by atomic mass is 35.5. The van der Waals surface area contributed by atoms with Gasteiger partial charge >= 0.3 is 0 Å². The van der Waals surface area contributed by atoms with Crippen molar-refractivity contribution in [3.05, 3.63) is 59.1 Å². The summed E-state index contributed by atoms with van der Waals surface area (Å²) in [5.41, 5.74) is 1.25. The summed E-state index contributed by atoms with van der Waals surface area (Å²) in [7, 11) is 0. The Morgan fingerprint density at radius 2 is 1.81 bits per heavy atom. The molecule has 0 spiro atoms. The van der Waals surface area contributed by atoms with E-state index in [9.17, 15) is 4.79 Å². The number of carbonyl (C=O) groups excluding carboxylic acids is 1. The van der Waals surface area contributed by atoms with Gasteiger partial charge in [0.2, 0.25) is 5.91 Å². The van der Waals surface area contributed by atoms with Crippen molar-refractivity contribution < 1.29 is 4.79 Å². The molecular formula is C16H13ClN2OS. The molecule has 1 amide bonds. The first-order valence-electron chi connectivity index (χ1n) is 6.32. The first kappa shape index (κ1) is 15.4. The second kappa shape index (κ2) is 7.16. The van der Waals surface area contributed by atoms with Gasteiger partial charge in [0.25, 0.3) is 0 Å². The lowest BCUT2D eigenvalue weighted by Gasteiger charge is -2.12. The molecule has 2 aromatic carbocycles. The third-order valence-electron chi connectivity index (χ3n) is 2.78. The summed E-state index contributed by atoms with van der Waals surface area (Å²) < 4.78 is 0. The molecule has 5 heteroatoms. The number of anilines is 1. The molecule has 0 bridgehead atoms. The number of halogens is 1. The number of nitriles is 1. The third kappa shape index (κ3) is 4.52. The third-order valence-corrected chi connectivity index (χ3v) is 4.14. The molecule has 106 valence electrons. The van der Waals surface area contributed by atoms with Gasteiger partial charge in [-0.1, -0.05) is 11.6 Å². The molecule has 0 unspecified atom stereocenters. The van der Waals surface area contributed by atoms with Crippen molar-refractivity contribution in [2.75, 3.05) is 5.32 Å². The highest BCUT2D eigenvalue weighted by Crippen LogP contribution is 2.25. The van der Waals surface area contributed by atoms with Crippen LogP contribution in [0.15, 0.2) is 53.4 Å². The van der Waals surface area contributed by atoms with E-state index < -0.39 is 0 Å². The van der Waals surface area contributed by atoms with Crippen molar-refractivity contribution in [2.45, 2.75) is 17.1 Å². The van der Waals surface area contributed by atoms with Crippen molar-refractivity contribution in [1.82, 2.24) is 0 Å². The number of hydrogen-bond acceptors (Lipinski definition) is 3. The molecule has 0 saturated carbocycles. The van der Waals surface area contributed by atoms with Gasteiger partial charge in [0.05, 0.1) is 16.9 Å². The Hall–Kier alpha value is -1.96. The van der Waals surface area contributed by atoms with Gasteiger partial charge in [-0.05, 0) is 55.5 Å². The van der Waals surface area contributed by atoms with Crippen LogP contribution in [0.3, 0.4) is 0 Å². The van der Waals surface area contributed by atoms with E-state index >= 15 is 0 Å². The van der Waals surface area contributed by atoms with E-state index in [0.29, 0.717) is 16.3 Å². The Bertz CT molecular complexity index is 662. The van der Waals surface area contributed by atoms with Gasteiger partial charge in [-0.2, -0.15) is 5.26 Å². The molecule has 0 aromatic heterocycles. The summed E-state index contributed by atoms with van der Waals surface area (Å²) in [5, 5.41) is 12.0. The molecule has 0 aliphatic rings. The SMILES string of the molecule is C[C@H](Sc1ccc(Cl)cc1)C(=O)Nc1ccc(C#N)cc1. The quantitative estimate of drug-likeness (QED) is 0.854. The number of benzene rings is 2. The van der Waals surface area contributed by atoms with Crippen LogP contribution >= 0.6 is 23.4 Å². The van der Waals surface area contributed by atoms with Crippen LogP contribution in [0, 0.1) is 11.3 Å². The summed E-state index contributed by atoms with van der Waals surface area (Å²) in [6.07, 6.45) is 0. The van der Waals surface area contributed by atoms with Gasteiger partial charge in [-0.3, -0.25) is 4.79 Å². The molecule has 0 fully saturated rings. The Morgan fingerprint density at radius 1 is 1.19 bits per heavy atom. The first-order chi connectivity index (χ1) is 10.1. The molecule has 3 nitrogen and oxygen atoms in total. The normalized spacial score (nSPS) is 11.5. The number of carbonyl (C=O) groups is 1. The lowest BCUT2D eigenvalue weighted by molar-refractivity contribution is -0.115. The molecule has 1 atom stereocenters. The number of amides is 1. The molecule has 2 rings (SSSR count). The van der Waals surface area contributed by atoms with Crippen LogP contribution in [0.1, 0.15) is 12.5 Å². The van der Waals surface area contributed by atoms with Crippen LogP contribution in [0.2, 0.25) is 5.02 Å². The zero-order chi connectivity index (χ0) is 15.2. The fourth-order valence-electron chi connectivity index (χ4n) is 1.64. The second-order valence-electron chi connectivity index (χ2n) is 4.39. The van der Waals surface area contributed by atoms with E-state index in [1.54, 1.807) is 36.4 Å². The molecule has 0 saturated heterocycles. The fourth-order valence-corrected chi connectivity index (χ4v) is 2.64. The van der Waals surface area contributed by atoms with Gasteiger partial charge in [0, 0.05) is 15.6 Å². The number of rotatable bonds is 4. The maximum Gasteiger partial charge on any atom is 0.237 e. The van der Waals surface area contributed by atoms with E-state index in [0.717, 1.165) is 4.90 Å². The Morgan fingerprint density at radius 3 is 2.38 bits per heavy atom. The van der Waals surface area contributed by atoms with E-state index in [1.165, 1.54) is 11.8 Å². The molecule has 0 aliphatic heterocycles. The van der Waals surface area contributed by atoms with Gasteiger partial charge in [-0.25, -0.2) is 0 Å². The standard InChI is InChI=1S/C16H13ClN2OS/c1-11(21-15-8-4-13(17)5-9-15)16(20)19-14-6-2-12(10-18)3-7-14/h2-9,11H,1H3,(H,19,20)/t11-/m0/s1. The van der Waals surface area contributed by atoms with Gasteiger partial charge in [0.1, 0.15) is 0 Å². The first-order valence-corrected chi connectivity index (χ1v) is 7.57. The summed E-state index contributed by atoms with van der Waals surface area (Å²) in [6, 6.07) is 16.2. The highest BCUT2D eigenvalue weighted by molar-refractivity contribution is 8.00. The molecule has 1 N–H and O–H groups in total. The van der Waals surface area contributed by atoms with Crippen LogP contribution < -0.4 is 5.32 Å². The predicted molar refractivity (Wildman–Crippen MR) is 86.6 cm³/mol. The van der Waals surface area contributed by atoms with Gasteiger partial charge in [-0.15, -0.1) is 11.8 Å². The van der Waals surface area contributed by atoms with Crippen molar-refractivity contribution in [2.24, 2.45) is 0 Å². The minimum absolute atomic E-state index is 0.0837. The number of nitrogens with one attached hydrogen (secondary N) is 1. The van der Waals surface area contributed by atoms with Gasteiger partial charge in [0.15, 0.2) is 0 Å². The zero-order valence-corrected chi connectivity index (χ0v) is 12.9. The molecular weight excluding hydrogens is 304 g/mol. The predicted octanol–water partition coefficient (Wildman–Crippen LogP) is 4.33. The molecule has 0 radical (unpaired) electrons. The molecule has 21 heavy (non-hydrogen) atoms. The maximum atomic E-state index is 12.1. The Kier molecular flexibility index (Phi) is 5.26. The average molecular weight is 317 g/mol. The monoisotopic (exact) mass is 316 g/mol. The lowest BCUT2D eigenvalue weighted by atomic mass is 10.2. The highest BCUT2D eigenvalue weighted by Gasteiger charge is 2.14. The van der Waals surface area contributed by atoms with E-state index in [4.69, 9.17) is 16.9 Å². The molecule has 0 aliphatic carbocycles. The van der Waals surface area contributed by atoms with Crippen LogP contribution in [0.25, 0.3) is 0 Å². The Balaban J connectivity index is 1.95. The minimum atomic E-state index is -0.234. The van der Waals surface area contributed by atoms with Crippen molar-refractivity contribution in [3.63, 3.8) is 0 Å². The van der Waals surface area contributed by atoms with Gasteiger partial charge < -0.3 is 5.32 Å². The van der Waals surface area contributed by atoms with Crippen LogP contribution in [-0.2, 0) is 4.79 Å². The van der Waals surface area contributed by atoms with Crippen LogP contribution in [0.5, 0.6) is 0 Å². The average Bonchev–Trinajstić information content (AvgIpc) is 2.50. The summed E-state index contributed by atoms with van der Waals surface area (Å²) in [6.45, 7) is 1.85. The van der Waals surface area contributed by atoms with Crippen molar-refractivity contribution >= 4 is 35.0 Å². The molecule has 0 heterocycles.